The summed E-state index contributed by atoms with van der Waals surface area (Å²) >= 11 is 0. The molecular weight excluding hydrogens is 534 g/mol. The van der Waals surface area contributed by atoms with Gasteiger partial charge in [-0.25, -0.2) is 14.8 Å². The van der Waals surface area contributed by atoms with Gasteiger partial charge in [0.15, 0.2) is 11.6 Å². The number of hydrogen-bond acceptors (Lipinski definition) is 5. The van der Waals surface area contributed by atoms with E-state index in [0.29, 0.717) is 42.3 Å². The molecule has 0 radical (unpaired) electrons. The highest BCUT2D eigenvalue weighted by Gasteiger charge is 2.42. The molecule has 1 aromatic carbocycles. The molecular formula is C29H30F2N6O4. The minimum atomic E-state index is -3.09. The molecule has 2 saturated heterocycles. The Labute approximate surface area is 234 Å². The average Bonchev–Trinajstić information content (AvgIpc) is 3.40. The van der Waals surface area contributed by atoms with E-state index in [-0.39, 0.29) is 35.7 Å². The van der Waals surface area contributed by atoms with Gasteiger partial charge in [-0.3, -0.25) is 4.79 Å². The molecule has 0 spiro atoms. The third kappa shape index (κ3) is 4.45. The topological polar surface area (TPSA) is 106 Å². The van der Waals surface area contributed by atoms with Crippen LogP contribution >= 0.6 is 0 Å². The number of likely N-dealkylation sites (tertiary alicyclic amines) is 2. The molecule has 2 amide bonds. The van der Waals surface area contributed by atoms with E-state index in [1.165, 1.54) is 11.0 Å². The summed E-state index contributed by atoms with van der Waals surface area (Å²) in [4.78, 5) is 37.8. The fourth-order valence-electron chi connectivity index (χ4n) is 6.61. The third-order valence-electron chi connectivity index (χ3n) is 8.82. The Hall–Kier alpha value is -4.22. The van der Waals surface area contributed by atoms with Gasteiger partial charge in [-0.2, -0.15) is 8.78 Å². The summed E-state index contributed by atoms with van der Waals surface area (Å²) in [7, 11) is 1.75. The van der Waals surface area contributed by atoms with Gasteiger partial charge in [-0.05, 0) is 67.9 Å². The van der Waals surface area contributed by atoms with Crippen LogP contribution in [0.3, 0.4) is 0 Å². The van der Waals surface area contributed by atoms with Crippen molar-refractivity contribution in [3.63, 3.8) is 0 Å². The maximum Gasteiger partial charge on any atom is 0.407 e. The predicted octanol–water partition coefficient (Wildman–Crippen LogP) is 4.82. The molecule has 3 fully saturated rings. The van der Waals surface area contributed by atoms with E-state index >= 15 is 0 Å². The summed E-state index contributed by atoms with van der Waals surface area (Å²) in [6, 6.07) is 8.55. The molecule has 10 nitrogen and oxygen atoms in total. The first-order valence-corrected chi connectivity index (χ1v) is 14.0. The van der Waals surface area contributed by atoms with Crippen LogP contribution in [0.1, 0.15) is 36.0 Å². The fourth-order valence-corrected chi connectivity index (χ4v) is 6.61. The zero-order valence-corrected chi connectivity index (χ0v) is 22.5. The van der Waals surface area contributed by atoms with Crippen molar-refractivity contribution in [2.24, 2.45) is 18.9 Å². The molecule has 2 aliphatic heterocycles. The van der Waals surface area contributed by atoms with Crippen LogP contribution in [0.2, 0.25) is 0 Å². The Morgan fingerprint density at radius 2 is 1.95 bits per heavy atom. The summed E-state index contributed by atoms with van der Waals surface area (Å²) in [5.74, 6) is 0.842. The molecule has 1 aliphatic carbocycles. The molecule has 1 saturated carbocycles. The third-order valence-corrected chi connectivity index (χ3v) is 8.82. The first-order chi connectivity index (χ1) is 19.8. The van der Waals surface area contributed by atoms with Crippen LogP contribution in [0.25, 0.3) is 33.6 Å². The number of carboxylic acid groups (broad SMARTS) is 1. The lowest BCUT2D eigenvalue weighted by Gasteiger charge is -2.37. The van der Waals surface area contributed by atoms with E-state index in [4.69, 9.17) is 9.72 Å². The van der Waals surface area contributed by atoms with Gasteiger partial charge in [-0.1, -0.05) is 0 Å². The van der Waals surface area contributed by atoms with Crippen LogP contribution in [0.5, 0.6) is 5.75 Å². The van der Waals surface area contributed by atoms with Crippen LogP contribution in [-0.4, -0.2) is 78.3 Å². The van der Waals surface area contributed by atoms with Gasteiger partial charge in [0.2, 0.25) is 0 Å². The monoisotopic (exact) mass is 564 g/mol. The van der Waals surface area contributed by atoms with Crippen LogP contribution in [-0.2, 0) is 13.6 Å². The number of aryl methyl sites for hydroxylation is 1. The number of carbonyl (C=O) groups excluding carboxylic acids is 1. The van der Waals surface area contributed by atoms with Gasteiger partial charge < -0.3 is 28.8 Å². The van der Waals surface area contributed by atoms with Crippen molar-refractivity contribution in [2.45, 2.75) is 44.9 Å². The number of imidazole rings is 1. The summed E-state index contributed by atoms with van der Waals surface area (Å²) in [5, 5.41) is 10.6. The number of rotatable bonds is 6. The maximum atomic E-state index is 13.7. The maximum absolute atomic E-state index is 13.7. The Kier molecular flexibility index (Phi) is 6.09. The fraction of sp³-hybridized carbons (Fsp3) is 0.448. The Balaban J connectivity index is 1.29. The molecule has 41 heavy (non-hydrogen) atoms. The minimum absolute atomic E-state index is 0.131. The number of piperidine rings is 1. The van der Waals surface area contributed by atoms with Gasteiger partial charge in [0.25, 0.3) is 5.91 Å². The summed E-state index contributed by atoms with van der Waals surface area (Å²) < 4.78 is 36.0. The normalized spacial score (nSPS) is 20.8. The summed E-state index contributed by atoms with van der Waals surface area (Å²) in [6.07, 6.45) is 4.53. The van der Waals surface area contributed by atoms with E-state index < -0.39 is 12.7 Å². The van der Waals surface area contributed by atoms with Crippen LogP contribution < -0.4 is 4.74 Å². The van der Waals surface area contributed by atoms with E-state index in [0.717, 1.165) is 42.5 Å². The van der Waals surface area contributed by atoms with Crippen LogP contribution in [0, 0.1) is 11.8 Å². The number of hydrogen-bond donors (Lipinski definition) is 1. The molecule has 7 rings (SSSR count). The highest BCUT2D eigenvalue weighted by Crippen LogP contribution is 2.38. The predicted molar refractivity (Wildman–Crippen MR) is 146 cm³/mol. The van der Waals surface area contributed by atoms with Crippen LogP contribution in [0.15, 0.2) is 36.5 Å². The van der Waals surface area contributed by atoms with Crippen molar-refractivity contribution in [3.8, 4) is 17.3 Å². The molecule has 5 heterocycles. The number of nitrogens with zero attached hydrogens (tertiary/aromatic N) is 6. The lowest BCUT2D eigenvalue weighted by Crippen LogP contribution is -2.51. The second-order valence-corrected chi connectivity index (χ2v) is 11.3. The number of benzene rings is 1. The average molecular weight is 565 g/mol. The second kappa shape index (κ2) is 9.71. The molecule has 0 bridgehead atoms. The van der Waals surface area contributed by atoms with Crippen molar-refractivity contribution in [3.05, 3.63) is 42.1 Å². The Morgan fingerprint density at radius 3 is 2.71 bits per heavy atom. The van der Waals surface area contributed by atoms with Crippen molar-refractivity contribution in [1.29, 1.82) is 0 Å². The van der Waals surface area contributed by atoms with E-state index in [1.807, 2.05) is 18.2 Å². The lowest BCUT2D eigenvalue weighted by atomic mass is 9.92. The highest BCUT2D eigenvalue weighted by molar-refractivity contribution is 6.00. The van der Waals surface area contributed by atoms with Crippen molar-refractivity contribution in [2.75, 3.05) is 19.6 Å². The zero-order chi connectivity index (χ0) is 28.4. The van der Waals surface area contributed by atoms with Crippen molar-refractivity contribution >= 4 is 34.1 Å². The smallest absolute Gasteiger partial charge is 0.407 e. The number of ether oxygens (including phenoxy) is 1. The molecule has 214 valence electrons. The molecule has 4 aromatic rings. The van der Waals surface area contributed by atoms with E-state index in [1.54, 1.807) is 28.8 Å². The number of carbonyl (C=O) groups is 2. The summed E-state index contributed by atoms with van der Waals surface area (Å²) in [6.45, 7) is -1.12. The van der Waals surface area contributed by atoms with Gasteiger partial charge in [-0.15, -0.1) is 0 Å². The molecule has 0 unspecified atom stereocenters. The highest BCUT2D eigenvalue weighted by atomic mass is 19.3. The van der Waals surface area contributed by atoms with Crippen LogP contribution in [0.4, 0.5) is 13.6 Å². The lowest BCUT2D eigenvalue weighted by molar-refractivity contribution is -0.0490. The summed E-state index contributed by atoms with van der Waals surface area (Å²) in [5.41, 5.74) is 2.56. The van der Waals surface area contributed by atoms with Crippen molar-refractivity contribution in [1.82, 2.24) is 28.9 Å². The van der Waals surface area contributed by atoms with E-state index in [9.17, 15) is 23.5 Å². The van der Waals surface area contributed by atoms with E-state index in [2.05, 4.69) is 9.55 Å². The number of amides is 2. The van der Waals surface area contributed by atoms with Gasteiger partial charge in [0.1, 0.15) is 11.2 Å². The standard InChI is InChI=1S/C29H30F2N6O4/c1-34-24-20(33-26(34)21-12-18-3-2-8-32-25(18)37(21)14-16-4-5-16)11-19(13-23(24)41-28(30)31)27(38)35-9-6-17-7-10-36(29(39)40)22(17)15-35/h2-3,8,11-13,16-17,22,28H,4-7,9-10,14-15H2,1H3,(H,39,40)/t17-,22-/m0/s1. The largest absolute Gasteiger partial charge is 0.465 e. The number of aromatic nitrogens is 4. The minimum Gasteiger partial charge on any atom is -0.465 e. The first-order valence-electron chi connectivity index (χ1n) is 14.0. The molecule has 3 aromatic heterocycles. The number of halogens is 2. The van der Waals surface area contributed by atoms with Crippen molar-refractivity contribution < 1.29 is 28.2 Å². The van der Waals surface area contributed by atoms with Gasteiger partial charge >= 0.3 is 12.7 Å². The first kappa shape index (κ1) is 25.7. The number of pyridine rings is 1. The molecule has 3 aliphatic rings. The molecule has 1 N–H and O–H groups in total. The number of alkyl halides is 2. The molecule has 2 atom stereocenters. The SMILES string of the molecule is Cn1c(-c2cc3cccnc3n2CC2CC2)nc2cc(C(=O)N3CC[C@H]4CCN(C(=O)O)[C@H]4C3)cc(OC(F)F)c21. The second-order valence-electron chi connectivity index (χ2n) is 11.3. The number of fused-ring (bicyclic) bond motifs is 3. The quantitative estimate of drug-likeness (QED) is 0.360. The Bertz CT molecular complexity index is 1680. The zero-order valence-electron chi connectivity index (χ0n) is 22.5. The van der Waals surface area contributed by atoms with Gasteiger partial charge in [0, 0.05) is 50.4 Å². The Morgan fingerprint density at radius 1 is 1.15 bits per heavy atom. The van der Waals surface area contributed by atoms with Gasteiger partial charge in [0.05, 0.1) is 17.3 Å². The molecule has 12 heteroatoms.